The molecule has 13 nitrogen and oxygen atoms in total. The first-order valence-electron chi connectivity index (χ1n) is 21.6. The molecule has 0 radical (unpaired) electrons. The predicted octanol–water partition coefficient (Wildman–Crippen LogP) is 9.19. The molecule has 2 aromatic carbocycles. The number of pyridine rings is 1. The van der Waals surface area contributed by atoms with Gasteiger partial charge in [-0.25, -0.2) is 18.1 Å². The van der Waals surface area contributed by atoms with Crippen molar-refractivity contribution in [1.82, 2.24) is 19.6 Å². The van der Waals surface area contributed by atoms with E-state index in [1.165, 1.54) is 50.7 Å². The first-order valence-corrected chi connectivity index (χ1v) is 23.1. The van der Waals surface area contributed by atoms with Crippen LogP contribution in [-0.4, -0.2) is 72.9 Å². The fourth-order valence-corrected chi connectivity index (χ4v) is 12.0. The van der Waals surface area contributed by atoms with Crippen LogP contribution in [0, 0.1) is 32.3 Å². The van der Waals surface area contributed by atoms with E-state index < -0.39 is 20.9 Å². The van der Waals surface area contributed by atoms with Gasteiger partial charge in [-0.15, -0.1) is 0 Å². The molecule has 14 heteroatoms. The highest BCUT2D eigenvalue weighted by Gasteiger charge is 2.66. The van der Waals surface area contributed by atoms with Gasteiger partial charge in [-0.3, -0.25) is 19.8 Å². The van der Waals surface area contributed by atoms with Gasteiger partial charge in [0.05, 0.1) is 21.6 Å². The lowest BCUT2D eigenvalue weighted by Gasteiger charge is -2.72. The molecule has 5 aliphatic carbocycles. The zero-order valence-corrected chi connectivity index (χ0v) is 36.0. The van der Waals surface area contributed by atoms with Crippen molar-refractivity contribution in [1.29, 1.82) is 0 Å². The number of aromatic amines is 1. The highest BCUT2D eigenvalue weighted by Crippen LogP contribution is 2.77. The van der Waals surface area contributed by atoms with E-state index in [1.54, 1.807) is 41.7 Å². The van der Waals surface area contributed by atoms with Crippen LogP contribution >= 0.6 is 0 Å². The molecule has 4 aromatic rings. The molecule has 1 saturated heterocycles. The van der Waals surface area contributed by atoms with Gasteiger partial charge >= 0.3 is 0 Å². The lowest BCUT2D eigenvalue weighted by molar-refractivity contribution is -0.384. The van der Waals surface area contributed by atoms with Gasteiger partial charge in [0, 0.05) is 68.2 Å². The topological polar surface area (TPSA) is 163 Å². The summed E-state index contributed by atoms with van der Waals surface area (Å²) in [5.41, 5.74) is 6.26. The third-order valence-corrected chi connectivity index (χ3v) is 15.5. The third kappa shape index (κ3) is 8.00. The van der Waals surface area contributed by atoms with Gasteiger partial charge in [0.1, 0.15) is 22.8 Å². The molecule has 2 aromatic heterocycles. The number of anilines is 2. The summed E-state index contributed by atoms with van der Waals surface area (Å²) in [5, 5.41) is 16.2. The molecule has 10 rings (SSSR count). The Hall–Kier alpha value is -4.95. The lowest BCUT2D eigenvalue weighted by atomic mass is 9.33. The maximum Gasteiger partial charge on any atom is 0.293 e. The quantitative estimate of drug-likeness (QED) is 0.0713. The molecule has 6 aliphatic rings. The van der Waals surface area contributed by atoms with E-state index in [2.05, 4.69) is 57.5 Å². The first kappa shape index (κ1) is 40.5. The van der Waals surface area contributed by atoms with Crippen molar-refractivity contribution in [2.24, 2.45) is 22.2 Å². The van der Waals surface area contributed by atoms with Gasteiger partial charge in [0.2, 0.25) is 0 Å². The highest BCUT2D eigenvalue weighted by atomic mass is 32.2. The Morgan fingerprint density at radius 1 is 1.00 bits per heavy atom. The number of carbonyl (C=O) groups excluding carboxylic acids is 1. The molecule has 0 spiro atoms. The van der Waals surface area contributed by atoms with Crippen molar-refractivity contribution in [3.05, 3.63) is 87.7 Å². The Kier molecular flexibility index (Phi) is 10.2. The van der Waals surface area contributed by atoms with Crippen LogP contribution in [0.4, 0.5) is 17.1 Å². The fourth-order valence-electron chi connectivity index (χ4n) is 11.0. The molecule has 0 unspecified atom stereocenters. The molecule has 1 aliphatic heterocycles. The molecular formula is C46H57N7O6S. The Morgan fingerprint density at radius 3 is 2.47 bits per heavy atom. The highest BCUT2D eigenvalue weighted by molar-refractivity contribution is 7.90. The number of nitrogens with zero attached hydrogens (tertiary/aromatic N) is 4. The van der Waals surface area contributed by atoms with Crippen LogP contribution in [0.25, 0.3) is 11.0 Å². The number of piperazine rings is 1. The molecule has 1 amide bonds. The summed E-state index contributed by atoms with van der Waals surface area (Å²) in [6.45, 7) is 13.9. The second-order valence-electron chi connectivity index (χ2n) is 19.6. The van der Waals surface area contributed by atoms with Crippen LogP contribution in [0.5, 0.6) is 11.5 Å². The van der Waals surface area contributed by atoms with Gasteiger partial charge in [-0.2, -0.15) is 0 Å². The van der Waals surface area contributed by atoms with E-state index in [0.29, 0.717) is 33.6 Å². The predicted molar refractivity (Wildman–Crippen MR) is 233 cm³/mol. The number of benzene rings is 2. The molecule has 2 bridgehead atoms. The van der Waals surface area contributed by atoms with Gasteiger partial charge in [0.25, 0.3) is 21.6 Å². The number of H-pyrrole nitrogens is 1. The molecular weight excluding hydrogens is 779 g/mol. The van der Waals surface area contributed by atoms with Crippen molar-refractivity contribution in [3.63, 3.8) is 0 Å². The molecule has 4 saturated carbocycles. The van der Waals surface area contributed by atoms with Crippen molar-refractivity contribution >= 4 is 44.0 Å². The normalized spacial score (nSPS) is 26.6. The van der Waals surface area contributed by atoms with Crippen LogP contribution in [0.1, 0.15) is 102 Å². The summed E-state index contributed by atoms with van der Waals surface area (Å²) >= 11 is 0. The zero-order chi connectivity index (χ0) is 42.0. The number of hydrogen-bond donors (Lipinski definition) is 3. The van der Waals surface area contributed by atoms with Crippen LogP contribution in [0.15, 0.2) is 77.0 Å². The number of amides is 1. The van der Waals surface area contributed by atoms with E-state index in [-0.39, 0.29) is 33.6 Å². The number of fused-ring (bicyclic) bond motifs is 1. The van der Waals surface area contributed by atoms with Gasteiger partial charge in [-0.05, 0) is 123 Å². The molecule has 60 heavy (non-hydrogen) atoms. The minimum absolute atomic E-state index is 0.00316. The van der Waals surface area contributed by atoms with Crippen LogP contribution in [0.2, 0.25) is 0 Å². The second-order valence-corrected chi connectivity index (χ2v) is 21.3. The number of ether oxygens (including phenoxy) is 1. The van der Waals surface area contributed by atoms with Crippen LogP contribution < -0.4 is 19.7 Å². The van der Waals surface area contributed by atoms with Gasteiger partial charge in [-0.1, -0.05) is 38.8 Å². The standard InChI is InChI=1S/C46H57N7O6S/c1-30-5-7-33(8-6-30)49-39-12-10-36(23-40(39)53(55)56)60(57,58)50-43(54)37-11-9-34(22-41(37)59-35-21-31-14-16-47-42(31)48-25-35)52-19-17-51(18-20-52)26-32-13-15-44(2,3)24-38(32)46-27-45(4,28-46)29-46/h9-12,14,16,21-23,25,30,33,49H,5-8,13,15,17-20,24,26-29H2,1-4H3,(H,47,48)(H,50,54). The minimum atomic E-state index is -4.52. The number of aromatic nitrogens is 2. The van der Waals surface area contributed by atoms with Crippen molar-refractivity contribution in [2.45, 2.75) is 103 Å². The molecule has 5 fully saturated rings. The molecule has 3 N–H and O–H groups in total. The molecule has 0 atom stereocenters. The Labute approximate surface area is 352 Å². The average molecular weight is 836 g/mol. The Morgan fingerprint density at radius 2 is 1.75 bits per heavy atom. The maximum absolute atomic E-state index is 13.9. The smallest absolute Gasteiger partial charge is 0.293 e. The number of rotatable bonds is 12. The summed E-state index contributed by atoms with van der Waals surface area (Å²) in [6.07, 6.45) is 14.8. The second kappa shape index (κ2) is 15.2. The summed E-state index contributed by atoms with van der Waals surface area (Å²) in [7, 11) is -4.52. The van der Waals surface area contributed by atoms with E-state index in [1.807, 2.05) is 12.1 Å². The van der Waals surface area contributed by atoms with Crippen molar-refractivity contribution < 1.29 is 22.9 Å². The zero-order valence-electron chi connectivity index (χ0n) is 35.2. The van der Waals surface area contributed by atoms with E-state index in [0.717, 1.165) is 75.5 Å². The SMILES string of the molecule is CC1CCC(Nc2ccc(S(=O)(=O)NC(=O)c3ccc(N4CCN(CC5=C(C67CC(C)(C6)C7)CC(C)(C)CC5)CC4)cc3Oc3cnc4[nH]ccc4c3)cc2[N+](=O)[O-])CC1. The number of sulfonamides is 1. The number of allylic oxidation sites excluding steroid dienone is 1. The van der Waals surface area contributed by atoms with Crippen LogP contribution in [-0.2, 0) is 10.0 Å². The number of carbonyl (C=O) groups is 1. The van der Waals surface area contributed by atoms with Crippen molar-refractivity contribution in [3.8, 4) is 11.5 Å². The Balaban J connectivity index is 0.928. The molecule has 318 valence electrons. The Bertz CT molecular complexity index is 2460. The summed E-state index contributed by atoms with van der Waals surface area (Å²) in [4.78, 5) is 37.4. The summed E-state index contributed by atoms with van der Waals surface area (Å²) in [6, 6.07) is 12.6. The summed E-state index contributed by atoms with van der Waals surface area (Å²) in [5.74, 6) is 0.228. The monoisotopic (exact) mass is 835 g/mol. The number of hydrogen-bond acceptors (Lipinski definition) is 10. The third-order valence-electron chi connectivity index (χ3n) is 14.2. The lowest BCUT2D eigenvalue weighted by Crippen LogP contribution is -2.61. The van der Waals surface area contributed by atoms with E-state index in [4.69, 9.17) is 4.74 Å². The van der Waals surface area contributed by atoms with Crippen molar-refractivity contribution in [2.75, 3.05) is 42.9 Å². The maximum atomic E-state index is 13.9. The fraction of sp³-hybridized carbons (Fsp3) is 0.522. The van der Waals surface area contributed by atoms with Crippen LogP contribution in [0.3, 0.4) is 0 Å². The van der Waals surface area contributed by atoms with Gasteiger partial charge < -0.3 is 19.9 Å². The largest absolute Gasteiger partial charge is 0.455 e. The van der Waals surface area contributed by atoms with Gasteiger partial charge in [0.15, 0.2) is 0 Å². The summed E-state index contributed by atoms with van der Waals surface area (Å²) < 4.78 is 35.9. The van der Waals surface area contributed by atoms with E-state index >= 15 is 0 Å². The number of nitro groups is 1. The minimum Gasteiger partial charge on any atom is -0.455 e. The van der Waals surface area contributed by atoms with E-state index in [9.17, 15) is 23.3 Å². The number of nitrogens with one attached hydrogen (secondary N) is 3. The average Bonchev–Trinajstić information content (AvgIpc) is 3.66. The number of nitro benzene ring substituents is 1. The molecule has 3 heterocycles. The first-order chi connectivity index (χ1) is 28.6.